The van der Waals surface area contributed by atoms with Gasteiger partial charge in [-0.25, -0.2) is 50.5 Å². The number of nitrogens with zero attached hydrogens (tertiary/aromatic N) is 6. The van der Waals surface area contributed by atoms with Crippen LogP contribution in [0.5, 0.6) is 0 Å². The Kier molecular flexibility index (Phi) is 96.1. The van der Waals surface area contributed by atoms with Gasteiger partial charge in [0.2, 0.25) is 67.3 Å². The lowest BCUT2D eigenvalue weighted by Crippen LogP contribution is -2.32. The molecule has 2 rings (SSSR count). The first-order chi connectivity index (χ1) is 56.3. The van der Waals surface area contributed by atoms with Crippen molar-refractivity contribution in [2.45, 2.75) is 284 Å². The van der Waals surface area contributed by atoms with Crippen molar-refractivity contribution in [2.75, 3.05) is 73.8 Å². The van der Waals surface area contributed by atoms with Crippen LogP contribution in [0.3, 0.4) is 0 Å². The number of nitrogens with one attached hydrogen (secondary N) is 8. The van der Waals surface area contributed by atoms with E-state index < -0.39 is 119 Å². The molecule has 2 heterocycles. The van der Waals surface area contributed by atoms with Crippen molar-refractivity contribution < 1.29 is 130 Å². The van der Waals surface area contributed by atoms with E-state index in [1.807, 2.05) is 106 Å². The number of aromatic amines is 2. The monoisotopic (exact) mass is 2060 g/mol. The Hall–Kier alpha value is -6.02. The topological polar surface area (TPSA) is 686 Å². The summed E-state index contributed by atoms with van der Waals surface area (Å²) in [5, 5.41) is 30.0. The van der Waals surface area contributed by atoms with E-state index in [0.29, 0.717) is 54.3 Å². The van der Waals surface area contributed by atoms with Crippen LogP contribution >= 0.6 is 14.7 Å². The maximum atomic E-state index is 11.0. The standard InChI is InChI=1S/C7H13NO2.C7H14O3S.C6H13NO3S.C6H13NO2S.C6H11NO2.C6H12O3S.C5H10N4.C5H11NO3S.C5H11NO2S.C5H13O2P.C5H12O2S.C4H8N4.C4H11O2P.C3H8O3S.2CH4/c1-5(2)4-7(10)8-6(3)9;1-6(2)4-11(9,10)5-7(3)8;1-5(2)4-6(8)7-11(3,9)10;1-5(2)4-6(8)7-10(3)9;1-4(2)6(9)7-5(3)8;1-5(2)10(8,9)4-6(3)7;1-4(2)3-5-6-8-9-7-5;1-4(2)5(7)6-10(3,8)9;1-4(2)5(7)6-9(3)8;2*1-5(2)4-8(3,6)7;1-3(2)4-5-7-8-6-4;1-4(2)7(3,5)6;1-3(2)7(4,5)6;;/h5H,4H2,1-3H3,(H,8,9,10);6H,4-5H2,1-3H3;5H,4H2,1-3H3,(H,7,8);5H,4H2,1-3H3,(H,7,8);4H,1-3H3,(H,7,8,9);5H,4H2,1-3H3;4H,3H2,1-2H3,(H,6,7,8,9);4H,1-3H3,(H,6,7);4H,1-3H3,(H,6,7);5H,4H2,1-3H3,(H,6,7);5H,4H2,1-3H3;3H,1-2H3,(H,5,6,7,8);4H,1-3H3,(H,5,6);3H,1-2H3,(H,4,5,6);2*1H4. The van der Waals surface area contributed by atoms with E-state index in [-0.39, 0.29) is 127 Å². The van der Waals surface area contributed by atoms with E-state index in [1.54, 1.807) is 69.2 Å². The van der Waals surface area contributed by atoms with Gasteiger partial charge in [0.15, 0.2) is 46.1 Å². The summed E-state index contributed by atoms with van der Waals surface area (Å²) in [6, 6.07) is 0. The summed E-state index contributed by atoms with van der Waals surface area (Å²) in [7, 11) is -27.4. The molecule has 2 aromatic rings. The molecule has 0 aromatic carbocycles. The van der Waals surface area contributed by atoms with Gasteiger partial charge in [0.25, 0.3) is 10.1 Å². The molecule has 129 heavy (non-hydrogen) atoms. The lowest BCUT2D eigenvalue weighted by molar-refractivity contribution is -0.132. The largest absolute Gasteiger partial charge is 0.344 e. The van der Waals surface area contributed by atoms with Crippen LogP contribution in [0.4, 0.5) is 0 Å². The molecule has 8 amide bonds. The van der Waals surface area contributed by atoms with Gasteiger partial charge in [-0.1, -0.05) is 191 Å². The number of hydrogen-bond donors (Lipinski definition) is 11. The van der Waals surface area contributed by atoms with Crippen molar-refractivity contribution in [3.05, 3.63) is 11.6 Å². The van der Waals surface area contributed by atoms with E-state index in [9.17, 15) is 116 Å². The lowest BCUT2D eigenvalue weighted by Gasteiger charge is -2.06. The highest BCUT2D eigenvalue weighted by molar-refractivity contribution is 7.93. The van der Waals surface area contributed by atoms with E-state index in [0.717, 1.165) is 30.6 Å². The summed E-state index contributed by atoms with van der Waals surface area (Å²) in [5.74, 6) is 0.471. The van der Waals surface area contributed by atoms with Crippen LogP contribution < -0.4 is 29.5 Å². The number of hydrogen-bond acceptors (Lipinski definition) is 32. The van der Waals surface area contributed by atoms with Crippen LogP contribution in [0, 0.1) is 59.2 Å². The first kappa shape index (κ1) is 154. The van der Waals surface area contributed by atoms with Gasteiger partial charge in [0, 0.05) is 107 Å². The zero-order valence-corrected chi connectivity index (χ0v) is 90.6. The number of tetrazole rings is 2. The second-order valence-corrected chi connectivity index (χ2v) is 53.5. The van der Waals surface area contributed by atoms with Gasteiger partial charge < -0.3 is 9.79 Å². The Morgan fingerprint density at radius 2 is 0.775 bits per heavy atom. The van der Waals surface area contributed by atoms with Crippen molar-refractivity contribution in [3.8, 4) is 0 Å². The number of aromatic nitrogens is 8. The molecule has 11 N–H and O–H groups in total. The fourth-order valence-electron chi connectivity index (χ4n) is 6.35. The highest BCUT2D eigenvalue weighted by Crippen LogP contribution is 2.40. The predicted octanol–water partition coefficient (Wildman–Crippen LogP) is 8.17. The maximum absolute atomic E-state index is 11.0. The van der Waals surface area contributed by atoms with Crippen molar-refractivity contribution in [1.82, 2.24) is 70.8 Å². The summed E-state index contributed by atoms with van der Waals surface area (Å²) < 4.78 is 185. The number of sulfone groups is 3. The molecule has 0 saturated carbocycles. The number of ketones is 2. The number of sulfonamides is 2. The average Bonchev–Trinajstić information content (AvgIpc) is 1.48. The molecule has 0 aliphatic rings. The molecule has 0 saturated heterocycles. The second-order valence-electron chi connectivity index (χ2n) is 33.6. The molecule has 43 nitrogen and oxygen atoms in total. The number of carbonyl (C=O) groups is 10. The first-order valence-electron chi connectivity index (χ1n) is 39.8. The average molecular weight is 2060 g/mol. The number of carbonyl (C=O) groups excluding carboxylic acids is 10. The van der Waals surface area contributed by atoms with Gasteiger partial charge in [0.05, 0.1) is 34.5 Å². The van der Waals surface area contributed by atoms with Crippen LogP contribution in [0.25, 0.3) is 0 Å². The van der Waals surface area contributed by atoms with Crippen LogP contribution in [0.2, 0.25) is 0 Å². The minimum Gasteiger partial charge on any atom is -0.344 e. The molecule has 53 heteroatoms. The van der Waals surface area contributed by atoms with Crippen molar-refractivity contribution >= 4 is 155 Å². The number of imide groups is 2. The van der Waals surface area contributed by atoms with E-state index in [4.69, 9.17) is 14.3 Å². The van der Waals surface area contributed by atoms with Crippen LogP contribution in [-0.4, -0.2) is 263 Å². The van der Waals surface area contributed by atoms with E-state index in [2.05, 4.69) is 75.2 Å². The third-order valence-corrected chi connectivity index (χ3v) is 24.2. The number of rotatable bonds is 29. The van der Waals surface area contributed by atoms with Gasteiger partial charge in [-0.15, -0.1) is 20.4 Å². The smallest absolute Gasteiger partial charge is 0.267 e. The predicted molar refractivity (Wildman–Crippen MR) is 517 cm³/mol. The minimum absolute atomic E-state index is 0. The molecule has 4 unspecified atom stereocenters. The van der Waals surface area contributed by atoms with Gasteiger partial charge in [-0.2, -0.15) is 18.8 Å². The molecule has 774 valence electrons. The quantitative estimate of drug-likeness (QED) is 0.0270. The second kappa shape index (κ2) is 80.4. The van der Waals surface area contributed by atoms with Crippen LogP contribution in [0.1, 0.15) is 273 Å². The SMILES string of the molecule is C.C.CC(=O)CS(=O)(=O)C(C)C.CC(=O)CS(=O)(=O)CC(C)C.CC(=O)NC(=O)C(C)C.CC(=O)NC(=O)CC(C)C.CC(C)C(=O)NS(C)(=O)=O.CC(C)C(=O)NS(C)=O.CC(C)CC(=O)NS(C)(=O)=O.CC(C)CC(=O)NS(C)=O.CC(C)CP(C)(=O)O.CC(C)CS(C)(=O)=O.CC(C)Cc1nn[nH]n1.CC(C)P(C)(=O)O.CC(C)S(=O)(=O)O.CC(C)c1nn[nH]n1. The maximum Gasteiger partial charge on any atom is 0.267 e. The van der Waals surface area contributed by atoms with Gasteiger partial charge in [-0.05, 0) is 83.0 Å². The lowest BCUT2D eigenvalue weighted by atomic mass is 10.1. The molecule has 0 fully saturated rings. The number of Topliss-reactive ketones (excluding diaryl/α,β-unsaturated/α-hetero) is 2. The summed E-state index contributed by atoms with van der Waals surface area (Å²) in [6.07, 6.45) is 8.49. The molecule has 4 atom stereocenters. The Bertz CT molecular complexity index is 4220. The fraction of sp³-hybridized carbons (Fsp3) is 0.842. The molecule has 0 bridgehead atoms. The molecule has 2 aromatic heterocycles. The van der Waals surface area contributed by atoms with Crippen LogP contribution in [0.15, 0.2) is 0 Å². The first-order valence-corrected chi connectivity index (χ1v) is 58.2. The molecule has 0 radical (unpaired) electrons. The highest BCUT2D eigenvalue weighted by Gasteiger charge is 2.20. The molecular formula is C76H168N14O29P2S8. The third kappa shape index (κ3) is 148. The minimum atomic E-state index is -3.74. The summed E-state index contributed by atoms with van der Waals surface area (Å²) >= 11 is 0. The number of H-pyrrole nitrogens is 2. The highest BCUT2D eigenvalue weighted by atomic mass is 32.2. The van der Waals surface area contributed by atoms with E-state index in [1.165, 1.54) is 73.6 Å². The fourth-order valence-corrected chi connectivity index (χ4v) is 13.6. The summed E-state index contributed by atoms with van der Waals surface area (Å²) in [6.45, 7) is 58.7. The Morgan fingerprint density at radius 3 is 0.946 bits per heavy atom. The third-order valence-electron chi connectivity index (χ3n) is 11.9. The zero-order valence-electron chi connectivity index (χ0n) is 82.2. The van der Waals surface area contributed by atoms with E-state index >= 15 is 0 Å². The molecular weight excluding hydrogens is 1890 g/mol. The summed E-state index contributed by atoms with van der Waals surface area (Å²) in [5.41, 5.74) is -0.0903. The van der Waals surface area contributed by atoms with Gasteiger partial charge in [-0.3, -0.25) is 91.2 Å². The molecule has 0 aliphatic heterocycles. The molecule has 0 spiro atoms. The zero-order chi connectivity index (χ0) is 104. The Labute approximate surface area is 779 Å². The normalized spacial score (nSPS) is 12.2. The number of amides is 8. The van der Waals surface area contributed by atoms with Crippen LogP contribution in [-0.2, 0) is 145 Å². The summed E-state index contributed by atoms with van der Waals surface area (Å²) in [4.78, 5) is 123. The Morgan fingerprint density at radius 1 is 0.434 bits per heavy atom. The van der Waals surface area contributed by atoms with Gasteiger partial charge in [0.1, 0.15) is 54.9 Å². The Balaban J connectivity index is -0.0000000921. The van der Waals surface area contributed by atoms with Crippen molar-refractivity contribution in [1.29, 1.82) is 0 Å². The van der Waals surface area contributed by atoms with Crippen molar-refractivity contribution in [2.24, 2.45) is 59.2 Å². The van der Waals surface area contributed by atoms with Gasteiger partial charge >= 0.3 is 0 Å². The molecule has 0 aliphatic carbocycles. The van der Waals surface area contributed by atoms with Crippen molar-refractivity contribution in [3.63, 3.8) is 0 Å².